The minimum absolute atomic E-state index is 0.131. The number of thioether (sulfide) groups is 1. The summed E-state index contributed by atoms with van der Waals surface area (Å²) in [5.41, 5.74) is 1.07. The minimum Gasteiger partial charge on any atom is -0.298 e. The maximum absolute atomic E-state index is 11.6. The van der Waals surface area contributed by atoms with Crippen LogP contribution in [-0.2, 0) is 4.79 Å². The van der Waals surface area contributed by atoms with Gasteiger partial charge in [-0.05, 0) is 38.7 Å². The molecule has 0 fully saturated rings. The number of hydrogen-bond acceptors (Lipinski definition) is 3. The Hall–Kier alpha value is -0.800. The highest BCUT2D eigenvalue weighted by Gasteiger charge is 2.18. The van der Waals surface area contributed by atoms with Crippen LogP contribution in [0.1, 0.15) is 32.4 Å². The molecule has 0 saturated heterocycles. The summed E-state index contributed by atoms with van der Waals surface area (Å²) in [6.07, 6.45) is 0. The van der Waals surface area contributed by atoms with E-state index >= 15 is 0 Å². The molecule has 0 aliphatic carbocycles. The molecule has 1 unspecified atom stereocenters. The van der Waals surface area contributed by atoms with E-state index in [4.69, 9.17) is 0 Å². The second kappa shape index (κ2) is 6.22. The average Bonchev–Trinajstić information content (AvgIpc) is 2.18. The van der Waals surface area contributed by atoms with E-state index in [1.54, 1.807) is 6.92 Å². The fourth-order valence-electron chi connectivity index (χ4n) is 1.90. The number of ketones is 1. The van der Waals surface area contributed by atoms with Gasteiger partial charge in [0.2, 0.25) is 0 Å². The minimum atomic E-state index is -0.131. The SMILES string of the molecule is CC(=O)C(c1ccc(SC(C)C)cc1)N(C)C. The molecule has 0 heterocycles. The molecule has 1 rings (SSSR count). The summed E-state index contributed by atoms with van der Waals surface area (Å²) in [5, 5.41) is 0.582. The van der Waals surface area contributed by atoms with Gasteiger partial charge < -0.3 is 0 Å². The van der Waals surface area contributed by atoms with Crippen LogP contribution in [0.25, 0.3) is 0 Å². The van der Waals surface area contributed by atoms with Gasteiger partial charge in [-0.1, -0.05) is 26.0 Å². The fraction of sp³-hybridized carbons (Fsp3) is 0.500. The molecule has 1 aromatic rings. The van der Waals surface area contributed by atoms with E-state index in [1.165, 1.54) is 4.90 Å². The Morgan fingerprint density at radius 3 is 2.06 bits per heavy atom. The molecule has 1 aromatic carbocycles. The summed E-state index contributed by atoms with van der Waals surface area (Å²) >= 11 is 1.84. The van der Waals surface area contributed by atoms with E-state index in [9.17, 15) is 4.79 Å². The quantitative estimate of drug-likeness (QED) is 0.748. The molecular weight excluding hydrogens is 230 g/mol. The third-order valence-electron chi connectivity index (χ3n) is 2.47. The molecule has 17 heavy (non-hydrogen) atoms. The Morgan fingerprint density at radius 2 is 1.71 bits per heavy atom. The third-order valence-corrected chi connectivity index (χ3v) is 3.48. The molecule has 0 aliphatic rings. The van der Waals surface area contributed by atoms with Gasteiger partial charge in [-0.3, -0.25) is 9.69 Å². The first-order chi connectivity index (χ1) is 7.91. The van der Waals surface area contributed by atoms with Crippen LogP contribution in [0.3, 0.4) is 0 Å². The number of carbonyl (C=O) groups excluding carboxylic acids is 1. The van der Waals surface area contributed by atoms with Gasteiger partial charge in [0.05, 0.1) is 6.04 Å². The van der Waals surface area contributed by atoms with Crippen LogP contribution < -0.4 is 0 Å². The molecule has 0 aromatic heterocycles. The predicted molar refractivity (Wildman–Crippen MR) is 74.5 cm³/mol. The summed E-state index contributed by atoms with van der Waals surface area (Å²) in [4.78, 5) is 14.8. The number of likely N-dealkylation sites (N-methyl/N-ethyl adjacent to an activating group) is 1. The van der Waals surface area contributed by atoms with Crippen LogP contribution in [0.5, 0.6) is 0 Å². The first-order valence-corrected chi connectivity index (χ1v) is 6.73. The topological polar surface area (TPSA) is 20.3 Å². The first kappa shape index (κ1) is 14.3. The number of nitrogens with zero attached hydrogens (tertiary/aromatic N) is 1. The molecule has 0 spiro atoms. The highest BCUT2D eigenvalue weighted by molar-refractivity contribution is 7.99. The molecule has 0 amide bonds. The van der Waals surface area contributed by atoms with Crippen molar-refractivity contribution in [3.63, 3.8) is 0 Å². The van der Waals surface area contributed by atoms with Crippen molar-refractivity contribution in [3.8, 4) is 0 Å². The Labute approximate surface area is 108 Å². The van der Waals surface area contributed by atoms with E-state index in [1.807, 2.05) is 30.8 Å². The second-order valence-corrected chi connectivity index (χ2v) is 6.36. The predicted octanol–water partition coefficient (Wildman–Crippen LogP) is 3.38. The van der Waals surface area contributed by atoms with Crippen LogP contribution in [0, 0.1) is 0 Å². The first-order valence-electron chi connectivity index (χ1n) is 5.85. The Bertz CT molecular complexity index is 370. The van der Waals surface area contributed by atoms with Crippen molar-refractivity contribution in [2.75, 3.05) is 14.1 Å². The lowest BCUT2D eigenvalue weighted by Crippen LogP contribution is -2.25. The van der Waals surface area contributed by atoms with E-state index in [0.29, 0.717) is 5.25 Å². The van der Waals surface area contributed by atoms with Crippen molar-refractivity contribution in [1.29, 1.82) is 0 Å². The highest BCUT2D eigenvalue weighted by Crippen LogP contribution is 2.26. The maximum Gasteiger partial charge on any atom is 0.151 e. The van der Waals surface area contributed by atoms with Gasteiger partial charge in [-0.2, -0.15) is 0 Å². The number of rotatable bonds is 5. The zero-order valence-corrected chi connectivity index (χ0v) is 12.0. The monoisotopic (exact) mass is 251 g/mol. The van der Waals surface area contributed by atoms with Gasteiger partial charge in [0.25, 0.3) is 0 Å². The van der Waals surface area contributed by atoms with Crippen LogP contribution >= 0.6 is 11.8 Å². The lowest BCUT2D eigenvalue weighted by molar-refractivity contribution is -0.121. The summed E-state index contributed by atoms with van der Waals surface area (Å²) < 4.78 is 0. The molecule has 0 N–H and O–H groups in total. The smallest absolute Gasteiger partial charge is 0.151 e. The van der Waals surface area contributed by atoms with Gasteiger partial charge >= 0.3 is 0 Å². The molecule has 3 heteroatoms. The van der Waals surface area contributed by atoms with E-state index in [-0.39, 0.29) is 11.8 Å². The number of Topliss-reactive ketones (excluding diaryl/α,β-unsaturated/α-hetero) is 1. The Morgan fingerprint density at radius 1 is 1.18 bits per heavy atom. The van der Waals surface area contributed by atoms with Gasteiger partial charge in [-0.25, -0.2) is 0 Å². The largest absolute Gasteiger partial charge is 0.298 e. The van der Waals surface area contributed by atoms with Crippen molar-refractivity contribution in [2.45, 2.75) is 37.0 Å². The zero-order valence-electron chi connectivity index (χ0n) is 11.2. The Kier molecular flexibility index (Phi) is 5.22. The van der Waals surface area contributed by atoms with Gasteiger partial charge in [-0.15, -0.1) is 11.8 Å². The van der Waals surface area contributed by atoms with Gasteiger partial charge in [0, 0.05) is 10.1 Å². The molecule has 94 valence electrons. The van der Waals surface area contributed by atoms with Crippen molar-refractivity contribution >= 4 is 17.5 Å². The van der Waals surface area contributed by atoms with Crippen LogP contribution in [-0.4, -0.2) is 30.0 Å². The van der Waals surface area contributed by atoms with E-state index < -0.39 is 0 Å². The van der Waals surface area contributed by atoms with Crippen molar-refractivity contribution in [1.82, 2.24) is 4.90 Å². The van der Waals surface area contributed by atoms with Crippen LogP contribution in [0.2, 0.25) is 0 Å². The zero-order chi connectivity index (χ0) is 13.0. The molecule has 0 radical (unpaired) electrons. The Balaban J connectivity index is 2.88. The normalized spacial score (nSPS) is 13.1. The molecule has 0 aliphatic heterocycles. The molecule has 0 bridgehead atoms. The van der Waals surface area contributed by atoms with E-state index in [2.05, 4.69) is 38.1 Å². The molecular formula is C14H21NOS. The molecule has 0 saturated carbocycles. The van der Waals surface area contributed by atoms with E-state index in [0.717, 1.165) is 5.56 Å². The second-order valence-electron chi connectivity index (χ2n) is 4.71. The van der Waals surface area contributed by atoms with Crippen molar-refractivity contribution < 1.29 is 4.79 Å². The summed E-state index contributed by atoms with van der Waals surface area (Å²) in [6, 6.07) is 8.17. The molecule has 1 atom stereocenters. The van der Waals surface area contributed by atoms with Crippen LogP contribution in [0.15, 0.2) is 29.2 Å². The number of hydrogen-bond donors (Lipinski definition) is 0. The van der Waals surface area contributed by atoms with Crippen LogP contribution in [0.4, 0.5) is 0 Å². The van der Waals surface area contributed by atoms with Crippen molar-refractivity contribution in [3.05, 3.63) is 29.8 Å². The highest BCUT2D eigenvalue weighted by atomic mass is 32.2. The lowest BCUT2D eigenvalue weighted by atomic mass is 10.0. The standard InChI is InChI=1S/C14H21NOS/c1-10(2)17-13-8-6-12(7-9-13)14(11(3)16)15(4)5/h6-10,14H,1-5H3. The lowest BCUT2D eigenvalue weighted by Gasteiger charge is -2.22. The number of benzene rings is 1. The third kappa shape index (κ3) is 4.17. The number of carbonyl (C=O) groups is 1. The summed E-state index contributed by atoms with van der Waals surface area (Å²) in [5.74, 6) is 0.180. The summed E-state index contributed by atoms with van der Waals surface area (Å²) in [6.45, 7) is 6.00. The maximum atomic E-state index is 11.6. The van der Waals surface area contributed by atoms with Gasteiger partial charge in [0.15, 0.2) is 5.78 Å². The fourth-order valence-corrected chi connectivity index (χ4v) is 2.73. The van der Waals surface area contributed by atoms with Gasteiger partial charge in [0.1, 0.15) is 0 Å². The summed E-state index contributed by atoms with van der Waals surface area (Å²) in [7, 11) is 3.87. The molecule has 2 nitrogen and oxygen atoms in total. The van der Waals surface area contributed by atoms with Crippen molar-refractivity contribution in [2.24, 2.45) is 0 Å². The average molecular weight is 251 g/mol.